The number of carbonyl (C=O) groups excluding carboxylic acids is 1. The van der Waals surface area contributed by atoms with Crippen LogP contribution in [-0.4, -0.2) is 46.6 Å². The van der Waals surface area contributed by atoms with Crippen molar-refractivity contribution < 1.29 is 4.79 Å². The van der Waals surface area contributed by atoms with E-state index < -0.39 is 0 Å². The first-order chi connectivity index (χ1) is 14.9. The fourth-order valence-corrected chi connectivity index (χ4v) is 4.03. The minimum atomic E-state index is -0.282. The van der Waals surface area contributed by atoms with Gasteiger partial charge in [0, 0.05) is 38.1 Å². The molecule has 4 aromatic rings. The molecule has 0 bridgehead atoms. The van der Waals surface area contributed by atoms with E-state index in [0.29, 0.717) is 41.0 Å². The molecule has 0 aliphatic heterocycles. The highest BCUT2D eigenvalue weighted by Crippen LogP contribution is 2.27. The van der Waals surface area contributed by atoms with E-state index >= 15 is 0 Å². The molecule has 0 atom stereocenters. The van der Waals surface area contributed by atoms with Crippen LogP contribution in [0.2, 0.25) is 10.2 Å². The molecule has 0 aliphatic carbocycles. The van der Waals surface area contributed by atoms with Crippen molar-refractivity contribution in [2.24, 2.45) is 0 Å². The van der Waals surface area contributed by atoms with Gasteiger partial charge in [-0.15, -0.1) is 0 Å². The predicted octanol–water partition coefficient (Wildman–Crippen LogP) is 4.01. The molecule has 162 valence electrons. The number of carbonyl (C=O) groups is 1. The number of hydrogen-bond acceptors (Lipinski definition) is 5. The summed E-state index contributed by atoms with van der Waals surface area (Å²) in [5.41, 5.74) is 2.99. The van der Waals surface area contributed by atoms with Gasteiger partial charge in [-0.25, -0.2) is 9.50 Å². The highest BCUT2D eigenvalue weighted by Gasteiger charge is 2.17. The number of halogens is 3. The van der Waals surface area contributed by atoms with E-state index in [9.17, 15) is 4.79 Å². The van der Waals surface area contributed by atoms with Gasteiger partial charge in [-0.05, 0) is 42.3 Å². The van der Waals surface area contributed by atoms with Crippen LogP contribution in [0.5, 0.6) is 0 Å². The summed E-state index contributed by atoms with van der Waals surface area (Å²) in [6, 6.07) is 3.47. The second kappa shape index (κ2) is 8.97. The lowest BCUT2D eigenvalue weighted by Gasteiger charge is -2.05. The van der Waals surface area contributed by atoms with Gasteiger partial charge in [0.25, 0.3) is 5.91 Å². The van der Waals surface area contributed by atoms with Crippen molar-refractivity contribution in [2.45, 2.75) is 33.4 Å². The largest absolute Gasteiger partial charge is 0.351 e. The minimum absolute atomic E-state index is 0.280. The number of rotatable bonds is 7. The molecule has 1 N–H and O–H groups in total. The summed E-state index contributed by atoms with van der Waals surface area (Å²) in [6.07, 6.45) is 4.22. The molecule has 4 rings (SSSR count). The van der Waals surface area contributed by atoms with Crippen molar-refractivity contribution in [3.8, 4) is 11.4 Å². The molecule has 0 aromatic carbocycles. The number of fused-ring (bicyclic) bond motifs is 1. The van der Waals surface area contributed by atoms with E-state index in [1.54, 1.807) is 28.4 Å². The lowest BCUT2D eigenvalue weighted by molar-refractivity contribution is 0.0947. The van der Waals surface area contributed by atoms with E-state index in [0.717, 1.165) is 22.4 Å². The van der Waals surface area contributed by atoms with Gasteiger partial charge >= 0.3 is 0 Å². The zero-order chi connectivity index (χ0) is 22.1. The van der Waals surface area contributed by atoms with Gasteiger partial charge in [0.05, 0.1) is 15.9 Å². The Balaban J connectivity index is 1.46. The molecule has 0 aliphatic rings. The molecular formula is C19H19BrCl2N8O. The average molecular weight is 526 g/mol. The third kappa shape index (κ3) is 4.32. The van der Waals surface area contributed by atoms with E-state index in [-0.39, 0.29) is 11.6 Å². The van der Waals surface area contributed by atoms with Crippen LogP contribution in [0.15, 0.2) is 29.0 Å². The highest BCUT2D eigenvalue weighted by atomic mass is 79.9. The number of nitrogens with one attached hydrogen (secondary N) is 1. The molecule has 0 radical (unpaired) electrons. The maximum atomic E-state index is 12.6. The first-order valence-electron chi connectivity index (χ1n) is 9.63. The number of aromatic nitrogens is 7. The maximum Gasteiger partial charge on any atom is 0.271 e. The molecule has 1 amide bonds. The first kappa shape index (κ1) is 21.8. The third-order valence-electron chi connectivity index (χ3n) is 4.70. The normalized spacial score (nSPS) is 11.4. The molecule has 12 heteroatoms. The van der Waals surface area contributed by atoms with Crippen molar-refractivity contribution in [1.29, 1.82) is 0 Å². The van der Waals surface area contributed by atoms with Gasteiger partial charge in [0.15, 0.2) is 11.3 Å². The van der Waals surface area contributed by atoms with Crippen LogP contribution in [0.4, 0.5) is 0 Å². The minimum Gasteiger partial charge on any atom is -0.351 e. The summed E-state index contributed by atoms with van der Waals surface area (Å²) in [6.45, 7) is 5.53. The molecule has 31 heavy (non-hydrogen) atoms. The number of nitrogens with zero attached hydrogens (tertiary/aromatic N) is 7. The van der Waals surface area contributed by atoms with Crippen LogP contribution in [0.1, 0.15) is 29.5 Å². The summed E-state index contributed by atoms with van der Waals surface area (Å²) in [5.74, 6) is -0.282. The summed E-state index contributed by atoms with van der Waals surface area (Å²) in [7, 11) is 0. The van der Waals surface area contributed by atoms with E-state index in [1.807, 2.05) is 23.9 Å². The summed E-state index contributed by atoms with van der Waals surface area (Å²) >= 11 is 15.7. The smallest absolute Gasteiger partial charge is 0.271 e. The lowest BCUT2D eigenvalue weighted by atomic mass is 10.3. The molecule has 0 saturated heterocycles. The summed E-state index contributed by atoms with van der Waals surface area (Å²) in [4.78, 5) is 16.9. The highest BCUT2D eigenvalue weighted by molar-refractivity contribution is 9.10. The molecular weight excluding hydrogens is 507 g/mol. The Morgan fingerprint density at radius 1 is 1.26 bits per heavy atom. The van der Waals surface area contributed by atoms with E-state index in [2.05, 4.69) is 41.5 Å². The molecule has 9 nitrogen and oxygen atoms in total. The lowest BCUT2D eigenvalue weighted by Crippen LogP contribution is -2.25. The Hall–Kier alpha value is -2.43. The summed E-state index contributed by atoms with van der Waals surface area (Å²) in [5, 5.41) is 17.0. The number of hydrogen-bond donors (Lipinski definition) is 1. The van der Waals surface area contributed by atoms with Crippen molar-refractivity contribution in [3.05, 3.63) is 50.6 Å². The molecule has 0 saturated carbocycles. The fourth-order valence-electron chi connectivity index (χ4n) is 3.12. The zero-order valence-electron chi connectivity index (χ0n) is 16.8. The maximum absolute atomic E-state index is 12.6. The molecule has 4 aromatic heterocycles. The van der Waals surface area contributed by atoms with E-state index in [1.165, 1.54) is 0 Å². The third-order valence-corrected chi connectivity index (χ3v) is 6.22. The van der Waals surface area contributed by atoms with Crippen LogP contribution in [-0.2, 0) is 13.1 Å². The number of aryl methyl sites for hydroxylation is 3. The standard InChI is InChI=1S/C19H19BrCl2N8O/c1-3-28-10-12(20)17(27-28)14-5-7-23-15-9-13(26-30(14)15)19(31)24-6-4-8-29-18(22)16(21)11(2)25-29/h5,7,9-10H,3-4,6,8H2,1-2H3,(H,24,31). The van der Waals surface area contributed by atoms with Crippen molar-refractivity contribution >= 4 is 50.7 Å². The Bertz CT molecular complexity index is 1260. The second-order valence-corrected chi connectivity index (χ2v) is 8.42. The monoisotopic (exact) mass is 524 g/mol. The quantitative estimate of drug-likeness (QED) is 0.368. The molecule has 0 fully saturated rings. The van der Waals surface area contributed by atoms with Gasteiger partial charge in [-0.1, -0.05) is 23.2 Å². The Labute approximate surface area is 196 Å². The van der Waals surface area contributed by atoms with Crippen LogP contribution < -0.4 is 5.32 Å². The van der Waals surface area contributed by atoms with Crippen molar-refractivity contribution in [1.82, 2.24) is 39.5 Å². The van der Waals surface area contributed by atoms with Gasteiger partial charge < -0.3 is 5.32 Å². The molecule has 4 heterocycles. The summed E-state index contributed by atoms with van der Waals surface area (Å²) < 4.78 is 5.91. The Morgan fingerprint density at radius 3 is 2.74 bits per heavy atom. The predicted molar refractivity (Wildman–Crippen MR) is 122 cm³/mol. The van der Waals surface area contributed by atoms with Crippen molar-refractivity contribution in [2.75, 3.05) is 6.54 Å². The van der Waals surface area contributed by atoms with Gasteiger partial charge in [-0.2, -0.15) is 15.3 Å². The molecule has 0 unspecified atom stereocenters. The topological polar surface area (TPSA) is 94.9 Å². The van der Waals surface area contributed by atoms with Gasteiger partial charge in [0.1, 0.15) is 15.9 Å². The van der Waals surface area contributed by atoms with Crippen molar-refractivity contribution in [3.63, 3.8) is 0 Å². The van der Waals surface area contributed by atoms with Crippen LogP contribution in [0.3, 0.4) is 0 Å². The average Bonchev–Trinajstić information content (AvgIpc) is 3.43. The zero-order valence-corrected chi connectivity index (χ0v) is 19.9. The van der Waals surface area contributed by atoms with Crippen LogP contribution in [0, 0.1) is 6.92 Å². The SMILES string of the molecule is CCn1cc(Br)c(-c2ccnc3cc(C(=O)NCCCn4nc(C)c(Cl)c4Cl)nn23)n1. The first-order valence-corrected chi connectivity index (χ1v) is 11.2. The van der Waals surface area contributed by atoms with Crippen LogP contribution >= 0.6 is 39.1 Å². The second-order valence-electron chi connectivity index (χ2n) is 6.83. The number of amides is 1. The van der Waals surface area contributed by atoms with E-state index in [4.69, 9.17) is 23.2 Å². The Morgan fingerprint density at radius 2 is 2.06 bits per heavy atom. The fraction of sp³-hybridized carbons (Fsp3) is 0.316. The van der Waals surface area contributed by atoms with Gasteiger partial charge in [-0.3, -0.25) is 14.2 Å². The molecule has 0 spiro atoms. The van der Waals surface area contributed by atoms with Crippen LogP contribution in [0.25, 0.3) is 17.0 Å². The van der Waals surface area contributed by atoms with Gasteiger partial charge in [0.2, 0.25) is 0 Å². The Kier molecular flexibility index (Phi) is 6.31.